The minimum Gasteiger partial charge on any atom is -0.481 e. The summed E-state index contributed by atoms with van der Waals surface area (Å²) < 4.78 is 29.9. The summed E-state index contributed by atoms with van der Waals surface area (Å²) in [7, 11) is 0. The Kier molecular flexibility index (Phi) is 11.5. The van der Waals surface area contributed by atoms with E-state index in [1.54, 1.807) is 32.0 Å². The second-order valence-corrected chi connectivity index (χ2v) is 13.0. The Balaban J connectivity index is 1.71. The highest BCUT2D eigenvalue weighted by Gasteiger charge is 2.31. The van der Waals surface area contributed by atoms with Crippen LogP contribution in [0.4, 0.5) is 8.78 Å². The smallest absolute Gasteiger partial charge is 0.305 e. The van der Waals surface area contributed by atoms with Gasteiger partial charge in [0.1, 0.15) is 11.9 Å². The molecule has 0 saturated carbocycles. The molecule has 2 N–H and O–H groups in total. The Morgan fingerprint density at radius 1 is 1.07 bits per heavy atom. The molecular formula is C36H46F2N4O4. The fourth-order valence-electron chi connectivity index (χ4n) is 6.28. The first-order valence-electron chi connectivity index (χ1n) is 16.1. The lowest BCUT2D eigenvalue weighted by atomic mass is 9.90. The van der Waals surface area contributed by atoms with Gasteiger partial charge in [0.25, 0.3) is 5.56 Å². The van der Waals surface area contributed by atoms with Crippen molar-refractivity contribution in [2.24, 2.45) is 11.8 Å². The van der Waals surface area contributed by atoms with E-state index in [1.807, 2.05) is 45.9 Å². The molecule has 0 spiro atoms. The Morgan fingerprint density at radius 2 is 1.74 bits per heavy atom. The van der Waals surface area contributed by atoms with Crippen molar-refractivity contribution in [2.75, 3.05) is 26.3 Å². The Hall–Kier alpha value is -3.92. The number of carbonyl (C=O) groups is 2. The van der Waals surface area contributed by atoms with Crippen molar-refractivity contribution >= 4 is 11.9 Å². The SMILES string of the molecule is CCC(C)CC(C(=O)NC(CC(=O)O)c1cc(-c2c(C)cccc2C)cc(C)c1F)n1nc(CCN2CC(CF)C2)cc(C)c1=O. The van der Waals surface area contributed by atoms with Crippen LogP contribution in [0.2, 0.25) is 0 Å². The summed E-state index contributed by atoms with van der Waals surface area (Å²) >= 11 is 0. The number of hydrogen-bond acceptors (Lipinski definition) is 5. The van der Waals surface area contributed by atoms with Crippen molar-refractivity contribution < 1.29 is 23.5 Å². The highest BCUT2D eigenvalue weighted by Crippen LogP contribution is 2.33. The van der Waals surface area contributed by atoms with E-state index in [1.165, 1.54) is 4.68 Å². The number of aryl methyl sites for hydroxylation is 4. The van der Waals surface area contributed by atoms with E-state index in [2.05, 4.69) is 15.3 Å². The predicted molar refractivity (Wildman–Crippen MR) is 175 cm³/mol. The van der Waals surface area contributed by atoms with Crippen LogP contribution in [0.3, 0.4) is 0 Å². The van der Waals surface area contributed by atoms with E-state index >= 15 is 4.39 Å². The molecule has 1 saturated heterocycles. The molecule has 0 bridgehead atoms. The lowest BCUT2D eigenvalue weighted by molar-refractivity contribution is -0.138. The number of nitrogens with one attached hydrogen (secondary N) is 1. The minimum absolute atomic E-state index is 0.0383. The zero-order chi connectivity index (χ0) is 33.7. The third kappa shape index (κ3) is 8.07. The van der Waals surface area contributed by atoms with Gasteiger partial charge in [-0.1, -0.05) is 38.5 Å². The Morgan fingerprint density at radius 3 is 2.35 bits per heavy atom. The first-order valence-corrected chi connectivity index (χ1v) is 16.1. The molecule has 1 aliphatic rings. The maximum atomic E-state index is 15.8. The molecule has 2 heterocycles. The summed E-state index contributed by atoms with van der Waals surface area (Å²) in [4.78, 5) is 41.7. The van der Waals surface area contributed by atoms with Gasteiger partial charge < -0.3 is 15.3 Å². The Labute approximate surface area is 269 Å². The summed E-state index contributed by atoms with van der Waals surface area (Å²) in [5.41, 5.74) is 4.68. The predicted octanol–water partition coefficient (Wildman–Crippen LogP) is 6.04. The van der Waals surface area contributed by atoms with Crippen LogP contribution in [-0.2, 0) is 16.0 Å². The number of aromatic nitrogens is 2. The standard InChI is InChI=1S/C36H46F2N4O4/c1-7-21(2)13-31(42-36(46)25(6)15-28(40-42)11-12-41-19-26(18-37)20-41)35(45)39-30(17-32(43)44)29-16-27(14-24(5)34(29)38)33-22(3)9-8-10-23(33)4/h8-10,14-16,21,26,30-31H,7,11-13,17-20H2,1-6H3,(H,39,45)(H,43,44). The van der Waals surface area contributed by atoms with Gasteiger partial charge in [0, 0.05) is 43.1 Å². The molecule has 248 valence electrons. The highest BCUT2D eigenvalue weighted by molar-refractivity contribution is 5.82. The molecule has 0 radical (unpaired) electrons. The Bertz CT molecular complexity index is 1610. The van der Waals surface area contributed by atoms with Gasteiger partial charge in [-0.3, -0.25) is 18.8 Å². The van der Waals surface area contributed by atoms with E-state index in [9.17, 15) is 23.9 Å². The average molecular weight is 637 g/mol. The zero-order valence-electron chi connectivity index (χ0n) is 27.7. The molecule has 1 fully saturated rings. The number of carboxylic acid groups (broad SMARTS) is 1. The number of rotatable bonds is 14. The highest BCUT2D eigenvalue weighted by atomic mass is 19.1. The van der Waals surface area contributed by atoms with E-state index in [-0.39, 0.29) is 30.5 Å². The third-order valence-electron chi connectivity index (χ3n) is 9.14. The van der Waals surface area contributed by atoms with Crippen molar-refractivity contribution in [1.29, 1.82) is 0 Å². The van der Waals surface area contributed by atoms with Crippen LogP contribution < -0.4 is 10.9 Å². The first kappa shape index (κ1) is 34.9. The zero-order valence-corrected chi connectivity index (χ0v) is 27.7. The number of aliphatic carboxylic acids is 1. The summed E-state index contributed by atoms with van der Waals surface area (Å²) in [6.45, 7) is 12.8. The van der Waals surface area contributed by atoms with Crippen LogP contribution >= 0.6 is 0 Å². The second-order valence-electron chi connectivity index (χ2n) is 13.0. The second kappa shape index (κ2) is 15.1. The van der Waals surface area contributed by atoms with Crippen molar-refractivity contribution in [3.8, 4) is 11.1 Å². The lowest BCUT2D eigenvalue weighted by Gasteiger charge is -2.37. The molecular weight excluding hydrogens is 590 g/mol. The van der Waals surface area contributed by atoms with Crippen molar-refractivity contribution in [3.63, 3.8) is 0 Å². The molecule has 4 rings (SSSR count). The number of halogens is 2. The largest absolute Gasteiger partial charge is 0.481 e. The molecule has 3 aromatic rings. The van der Waals surface area contributed by atoms with Crippen LogP contribution in [0, 0.1) is 45.3 Å². The number of alkyl halides is 1. The number of likely N-dealkylation sites (tertiary alicyclic amines) is 1. The monoisotopic (exact) mass is 636 g/mol. The maximum absolute atomic E-state index is 15.8. The van der Waals surface area contributed by atoms with Crippen molar-refractivity contribution in [3.05, 3.63) is 86.1 Å². The molecule has 1 aliphatic heterocycles. The van der Waals surface area contributed by atoms with Crippen LogP contribution in [0.15, 0.2) is 41.2 Å². The van der Waals surface area contributed by atoms with Crippen molar-refractivity contribution in [1.82, 2.24) is 20.0 Å². The molecule has 3 atom stereocenters. The molecule has 1 amide bonds. The topological polar surface area (TPSA) is 105 Å². The lowest BCUT2D eigenvalue weighted by Crippen LogP contribution is -2.48. The van der Waals surface area contributed by atoms with Crippen LogP contribution in [-0.4, -0.2) is 58.0 Å². The fraction of sp³-hybridized carbons (Fsp3) is 0.500. The van der Waals surface area contributed by atoms with Crippen LogP contribution in [0.5, 0.6) is 0 Å². The van der Waals surface area contributed by atoms with Gasteiger partial charge in [-0.15, -0.1) is 0 Å². The van der Waals surface area contributed by atoms with Gasteiger partial charge in [-0.25, -0.2) is 9.07 Å². The van der Waals surface area contributed by atoms with E-state index in [4.69, 9.17) is 0 Å². The molecule has 0 aliphatic carbocycles. The van der Waals surface area contributed by atoms with Gasteiger partial charge in [-0.05, 0) is 86.1 Å². The summed E-state index contributed by atoms with van der Waals surface area (Å²) in [6, 6.07) is 8.70. The molecule has 1 aromatic heterocycles. The number of amides is 1. The minimum atomic E-state index is -1.20. The number of carboxylic acids is 1. The molecule has 8 nitrogen and oxygen atoms in total. The van der Waals surface area contributed by atoms with Crippen LogP contribution in [0.25, 0.3) is 11.1 Å². The van der Waals surface area contributed by atoms with E-state index in [0.29, 0.717) is 42.9 Å². The van der Waals surface area contributed by atoms with Gasteiger partial charge in [0.05, 0.1) is 24.8 Å². The van der Waals surface area contributed by atoms with E-state index in [0.717, 1.165) is 28.7 Å². The van der Waals surface area contributed by atoms with Gasteiger partial charge in [-0.2, -0.15) is 5.10 Å². The number of benzene rings is 2. The normalized spacial score (nSPS) is 15.7. The molecule has 3 unspecified atom stereocenters. The number of carbonyl (C=O) groups excluding carboxylic acids is 1. The summed E-state index contributed by atoms with van der Waals surface area (Å²) in [6.07, 6.45) is 0.999. The van der Waals surface area contributed by atoms with E-state index < -0.39 is 41.8 Å². The fourth-order valence-corrected chi connectivity index (χ4v) is 6.28. The maximum Gasteiger partial charge on any atom is 0.305 e. The van der Waals surface area contributed by atoms with Crippen LogP contribution in [0.1, 0.15) is 78.7 Å². The number of nitrogens with zero attached hydrogens (tertiary/aromatic N) is 3. The third-order valence-corrected chi connectivity index (χ3v) is 9.14. The number of hydrogen-bond donors (Lipinski definition) is 2. The molecule has 10 heteroatoms. The van der Waals surface area contributed by atoms with Gasteiger partial charge >= 0.3 is 5.97 Å². The summed E-state index contributed by atoms with van der Waals surface area (Å²) in [5.74, 6) is -2.29. The van der Waals surface area contributed by atoms with Gasteiger partial charge in [0.2, 0.25) is 5.91 Å². The quantitative estimate of drug-likeness (QED) is 0.224. The summed E-state index contributed by atoms with van der Waals surface area (Å²) in [5, 5.41) is 17.3. The average Bonchev–Trinajstić information content (AvgIpc) is 2.97. The molecule has 2 aromatic carbocycles. The first-order chi connectivity index (χ1) is 21.8. The van der Waals surface area contributed by atoms with Crippen molar-refractivity contribution in [2.45, 2.75) is 79.3 Å². The molecule has 46 heavy (non-hydrogen) atoms. The van der Waals surface area contributed by atoms with Gasteiger partial charge in [0.15, 0.2) is 0 Å².